The topological polar surface area (TPSA) is 60.2 Å². The van der Waals surface area contributed by atoms with Crippen LogP contribution in [0.3, 0.4) is 0 Å². The number of sulfone groups is 1. The van der Waals surface area contributed by atoms with Crippen LogP contribution in [0, 0.1) is 0 Å². The van der Waals surface area contributed by atoms with Crippen molar-refractivity contribution in [3.05, 3.63) is 41.2 Å². The van der Waals surface area contributed by atoms with E-state index in [0.717, 1.165) is 6.08 Å². The molecule has 0 aliphatic heterocycles. The Bertz CT molecular complexity index is 503. The van der Waals surface area contributed by atoms with E-state index in [1.54, 1.807) is 6.07 Å². The van der Waals surface area contributed by atoms with E-state index in [1.165, 1.54) is 18.2 Å². The summed E-state index contributed by atoms with van der Waals surface area (Å²) in [5, 5.41) is 0.0862. The van der Waals surface area contributed by atoms with Crippen LogP contribution in [-0.2, 0) is 9.84 Å². The van der Waals surface area contributed by atoms with Crippen molar-refractivity contribution >= 4 is 33.8 Å². The minimum absolute atomic E-state index is 0. The van der Waals surface area contributed by atoms with Crippen molar-refractivity contribution in [1.82, 2.24) is 0 Å². The Balaban J connectivity index is 0.00000256. The normalized spacial score (nSPS) is 12.1. The average molecular weight is 300 g/mol. The molecule has 0 saturated carbocycles. The van der Waals surface area contributed by atoms with Gasteiger partial charge in [0.25, 0.3) is 0 Å². The molecule has 1 aromatic rings. The van der Waals surface area contributed by atoms with Gasteiger partial charge in [-0.1, -0.05) is 23.7 Å². The summed E-state index contributed by atoms with van der Waals surface area (Å²) >= 11 is 5.72. The molecule has 17 heavy (non-hydrogen) atoms. The monoisotopic (exact) mass is 299 g/mol. The Morgan fingerprint density at radius 3 is 2.53 bits per heavy atom. The lowest BCUT2D eigenvalue weighted by molar-refractivity contribution is 0.583. The number of halogens is 3. The molecule has 96 valence electrons. The van der Waals surface area contributed by atoms with E-state index in [0.29, 0.717) is 0 Å². The van der Waals surface area contributed by atoms with Crippen LogP contribution in [0.4, 0.5) is 4.39 Å². The minimum atomic E-state index is -3.74. The standard InChI is InChI=1S/C10H11ClFNO2S.ClH/c11-9-3-1-2-4-10(9)16(14,15)7-8(12)5-6-13;/h1-5H,6-7,13H2;1H/b8-5-;. The quantitative estimate of drug-likeness (QED) is 0.928. The Hall–Kier alpha value is -0.620. The van der Waals surface area contributed by atoms with Gasteiger partial charge in [0.05, 0.1) is 9.92 Å². The van der Waals surface area contributed by atoms with Gasteiger partial charge in [-0.3, -0.25) is 0 Å². The van der Waals surface area contributed by atoms with Gasteiger partial charge in [-0.25, -0.2) is 12.8 Å². The first-order valence-corrected chi connectivity index (χ1v) is 6.52. The maximum Gasteiger partial charge on any atom is 0.186 e. The summed E-state index contributed by atoms with van der Waals surface area (Å²) < 4.78 is 36.5. The summed E-state index contributed by atoms with van der Waals surface area (Å²) in [6, 6.07) is 5.92. The van der Waals surface area contributed by atoms with Crippen molar-refractivity contribution in [2.24, 2.45) is 5.73 Å². The summed E-state index contributed by atoms with van der Waals surface area (Å²) in [6.07, 6.45) is 1.02. The second-order valence-corrected chi connectivity index (χ2v) is 5.44. The van der Waals surface area contributed by atoms with E-state index >= 15 is 0 Å². The molecule has 0 amide bonds. The van der Waals surface area contributed by atoms with Gasteiger partial charge in [0.1, 0.15) is 11.6 Å². The zero-order valence-corrected chi connectivity index (χ0v) is 11.2. The number of rotatable bonds is 4. The van der Waals surface area contributed by atoms with E-state index in [9.17, 15) is 12.8 Å². The summed E-state index contributed by atoms with van der Waals surface area (Å²) in [5.74, 6) is -1.49. The molecule has 0 unspecified atom stereocenters. The maximum atomic E-state index is 13.1. The number of benzene rings is 1. The van der Waals surface area contributed by atoms with Crippen molar-refractivity contribution < 1.29 is 12.8 Å². The Morgan fingerprint density at radius 1 is 1.41 bits per heavy atom. The summed E-state index contributed by atoms with van der Waals surface area (Å²) in [6.45, 7) is -0.0378. The molecule has 0 aromatic heterocycles. The van der Waals surface area contributed by atoms with E-state index in [2.05, 4.69) is 0 Å². The van der Waals surface area contributed by atoms with Crippen LogP contribution in [-0.4, -0.2) is 20.7 Å². The van der Waals surface area contributed by atoms with Crippen LogP contribution in [0.2, 0.25) is 5.02 Å². The van der Waals surface area contributed by atoms with Gasteiger partial charge < -0.3 is 5.73 Å². The van der Waals surface area contributed by atoms with E-state index in [-0.39, 0.29) is 28.9 Å². The highest BCUT2D eigenvalue weighted by atomic mass is 35.5. The first-order valence-electron chi connectivity index (χ1n) is 4.49. The first kappa shape index (κ1) is 16.4. The second kappa shape index (κ2) is 6.96. The van der Waals surface area contributed by atoms with Crippen molar-refractivity contribution in [2.75, 3.05) is 12.3 Å². The van der Waals surface area contributed by atoms with Crippen LogP contribution in [0.15, 0.2) is 41.1 Å². The van der Waals surface area contributed by atoms with Crippen molar-refractivity contribution in [1.29, 1.82) is 0 Å². The molecule has 0 fully saturated rings. The van der Waals surface area contributed by atoms with Crippen molar-refractivity contribution in [2.45, 2.75) is 4.90 Å². The molecule has 0 spiro atoms. The predicted molar refractivity (Wildman–Crippen MR) is 69.0 cm³/mol. The Morgan fingerprint density at radius 2 is 2.00 bits per heavy atom. The van der Waals surface area contributed by atoms with E-state index in [4.69, 9.17) is 17.3 Å². The van der Waals surface area contributed by atoms with Crippen molar-refractivity contribution in [3.8, 4) is 0 Å². The first-order chi connectivity index (χ1) is 7.47. The zero-order valence-electron chi connectivity index (χ0n) is 8.77. The molecular formula is C10H12Cl2FNO2S. The van der Waals surface area contributed by atoms with E-state index < -0.39 is 21.4 Å². The summed E-state index contributed by atoms with van der Waals surface area (Å²) in [7, 11) is -3.74. The van der Waals surface area contributed by atoms with Gasteiger partial charge in [-0.05, 0) is 18.2 Å². The highest BCUT2D eigenvalue weighted by molar-refractivity contribution is 7.91. The van der Waals surface area contributed by atoms with Gasteiger partial charge in [0.15, 0.2) is 9.84 Å². The molecule has 0 heterocycles. The molecule has 0 aliphatic carbocycles. The summed E-state index contributed by atoms with van der Waals surface area (Å²) in [4.78, 5) is -0.0720. The third-order valence-corrected chi connectivity index (χ3v) is 3.96. The van der Waals surface area contributed by atoms with Gasteiger partial charge >= 0.3 is 0 Å². The number of nitrogens with two attached hydrogens (primary N) is 1. The van der Waals surface area contributed by atoms with Gasteiger partial charge in [-0.15, -0.1) is 12.4 Å². The maximum absolute atomic E-state index is 13.1. The van der Waals surface area contributed by atoms with Gasteiger partial charge in [0.2, 0.25) is 0 Å². The molecular weight excluding hydrogens is 288 g/mol. The fourth-order valence-electron chi connectivity index (χ4n) is 1.14. The molecule has 0 atom stereocenters. The molecule has 0 saturated heterocycles. The van der Waals surface area contributed by atoms with Crippen LogP contribution in [0.5, 0.6) is 0 Å². The molecule has 1 aromatic carbocycles. The molecule has 0 bridgehead atoms. The lowest BCUT2D eigenvalue weighted by Gasteiger charge is -2.04. The highest BCUT2D eigenvalue weighted by Crippen LogP contribution is 2.23. The van der Waals surface area contributed by atoms with Gasteiger partial charge in [-0.2, -0.15) is 0 Å². The SMILES string of the molecule is Cl.NC/C=C(\F)CS(=O)(=O)c1ccccc1Cl. The molecule has 2 N–H and O–H groups in total. The van der Waals surface area contributed by atoms with Gasteiger partial charge in [0, 0.05) is 6.54 Å². The van der Waals surface area contributed by atoms with Crippen molar-refractivity contribution in [3.63, 3.8) is 0 Å². The zero-order chi connectivity index (χ0) is 12.2. The van der Waals surface area contributed by atoms with Crippen LogP contribution in [0.25, 0.3) is 0 Å². The number of hydrogen-bond acceptors (Lipinski definition) is 3. The largest absolute Gasteiger partial charge is 0.327 e. The molecule has 0 aliphatic rings. The fraction of sp³-hybridized carbons (Fsp3) is 0.200. The molecule has 0 radical (unpaired) electrons. The lowest BCUT2D eigenvalue weighted by Crippen LogP contribution is -2.09. The second-order valence-electron chi connectivity index (χ2n) is 3.08. The molecule has 1 rings (SSSR count). The smallest absolute Gasteiger partial charge is 0.186 e. The Kier molecular flexibility index (Phi) is 6.70. The number of hydrogen-bond donors (Lipinski definition) is 1. The molecule has 7 heteroatoms. The third kappa shape index (κ3) is 4.63. The summed E-state index contributed by atoms with van der Waals surface area (Å²) in [5.41, 5.74) is 5.08. The average Bonchev–Trinajstić information content (AvgIpc) is 2.17. The lowest BCUT2D eigenvalue weighted by atomic mass is 10.4. The highest BCUT2D eigenvalue weighted by Gasteiger charge is 2.19. The van der Waals surface area contributed by atoms with Crippen LogP contribution in [0.1, 0.15) is 0 Å². The van der Waals surface area contributed by atoms with E-state index in [1.807, 2.05) is 0 Å². The van der Waals surface area contributed by atoms with Crippen LogP contribution >= 0.6 is 24.0 Å². The minimum Gasteiger partial charge on any atom is -0.327 e. The molecule has 3 nitrogen and oxygen atoms in total. The van der Waals surface area contributed by atoms with Crippen LogP contribution < -0.4 is 5.73 Å². The third-order valence-electron chi connectivity index (χ3n) is 1.84. The fourth-order valence-corrected chi connectivity index (χ4v) is 2.92. The Labute approximate surface area is 111 Å². The predicted octanol–water partition coefficient (Wildman–Crippen LogP) is 2.35.